The third-order valence-corrected chi connectivity index (χ3v) is 13.9. The zero-order valence-electron chi connectivity index (χ0n) is 25.4. The van der Waals surface area contributed by atoms with Crippen LogP contribution in [0.15, 0.2) is 40.9 Å². The second-order valence-corrected chi connectivity index (χ2v) is 16.8. The van der Waals surface area contributed by atoms with Crippen LogP contribution in [0, 0.1) is 51.4 Å². The Kier molecular flexibility index (Phi) is 6.14. The first kappa shape index (κ1) is 28.1. The average Bonchev–Trinajstić information content (AvgIpc) is 3.41. The van der Waals surface area contributed by atoms with E-state index in [9.17, 15) is 9.59 Å². The van der Waals surface area contributed by atoms with Crippen LogP contribution in [0.25, 0.3) is 4.85 Å². The Morgan fingerprint density at radius 1 is 1.02 bits per heavy atom. The van der Waals surface area contributed by atoms with Gasteiger partial charge in [-0.1, -0.05) is 66.2 Å². The first-order valence-electron chi connectivity index (χ1n) is 15.3. The van der Waals surface area contributed by atoms with E-state index in [0.29, 0.717) is 5.92 Å². The second kappa shape index (κ2) is 8.74. The third kappa shape index (κ3) is 3.64. The first-order valence-corrected chi connectivity index (χ1v) is 16.2. The van der Waals surface area contributed by atoms with Crippen molar-refractivity contribution < 1.29 is 9.59 Å². The van der Waals surface area contributed by atoms with E-state index in [-0.39, 0.29) is 50.9 Å². The van der Waals surface area contributed by atoms with E-state index in [0.717, 1.165) is 45.1 Å². The van der Waals surface area contributed by atoms with Gasteiger partial charge in [-0.05, 0) is 90.5 Å². The Hall–Kier alpha value is -2.03. The maximum Gasteiger partial charge on any atom is 0.226 e. The lowest BCUT2D eigenvalue weighted by molar-refractivity contribution is -0.161. The molecule has 0 unspecified atom stereocenters. The summed E-state index contributed by atoms with van der Waals surface area (Å²) in [6.07, 6.45) is 11.4. The molecule has 5 heteroatoms. The Morgan fingerprint density at radius 3 is 2.42 bits per heavy atom. The van der Waals surface area contributed by atoms with Crippen LogP contribution in [0.4, 0.5) is 0 Å². The fourth-order valence-corrected chi connectivity index (χ4v) is 11.2. The van der Waals surface area contributed by atoms with E-state index in [1.165, 1.54) is 16.9 Å². The van der Waals surface area contributed by atoms with Crippen LogP contribution in [0.2, 0.25) is 0 Å². The summed E-state index contributed by atoms with van der Waals surface area (Å²) in [5.74, 6) is 0.613. The molecule has 214 valence electrons. The van der Waals surface area contributed by atoms with Crippen molar-refractivity contribution in [2.45, 2.75) is 105 Å². The monoisotopic (exact) mass is 558 g/mol. The topological polar surface area (TPSA) is 50.5 Å². The van der Waals surface area contributed by atoms with Gasteiger partial charge in [0.2, 0.25) is 5.70 Å². The minimum Gasteiger partial charge on any atom is -0.307 e. The molecule has 0 amide bonds. The predicted octanol–water partition coefficient (Wildman–Crippen LogP) is 8.16. The Labute approximate surface area is 244 Å². The van der Waals surface area contributed by atoms with Gasteiger partial charge in [-0.15, -0.1) is 11.3 Å². The summed E-state index contributed by atoms with van der Waals surface area (Å²) in [6.45, 7) is 24.6. The van der Waals surface area contributed by atoms with Crippen LogP contribution in [0.5, 0.6) is 0 Å². The molecule has 1 heterocycles. The van der Waals surface area contributed by atoms with Crippen LogP contribution in [-0.4, -0.2) is 17.1 Å². The molecule has 0 aromatic carbocycles. The van der Waals surface area contributed by atoms with Gasteiger partial charge in [0, 0.05) is 33.7 Å². The number of hydrogen-bond donors (Lipinski definition) is 1. The van der Waals surface area contributed by atoms with Gasteiger partial charge < -0.3 is 10.1 Å². The van der Waals surface area contributed by atoms with Gasteiger partial charge in [-0.3, -0.25) is 4.79 Å². The zero-order chi connectivity index (χ0) is 28.9. The molecule has 7 atom stereocenters. The summed E-state index contributed by atoms with van der Waals surface area (Å²) < 4.78 is 0. The van der Waals surface area contributed by atoms with Gasteiger partial charge in [0.15, 0.2) is 11.6 Å². The smallest absolute Gasteiger partial charge is 0.226 e. The highest BCUT2D eigenvalue weighted by Gasteiger charge is 2.69. The molecule has 6 rings (SSSR count). The van der Waals surface area contributed by atoms with Gasteiger partial charge >= 0.3 is 0 Å². The van der Waals surface area contributed by atoms with Crippen molar-refractivity contribution in [2.75, 3.05) is 0 Å². The summed E-state index contributed by atoms with van der Waals surface area (Å²) in [7, 11) is 0. The molecule has 1 N–H and O–H groups in total. The van der Waals surface area contributed by atoms with Gasteiger partial charge in [0.1, 0.15) is 0 Å². The molecule has 3 fully saturated rings. The van der Waals surface area contributed by atoms with Crippen LogP contribution in [0.1, 0.15) is 98.3 Å². The highest BCUT2D eigenvalue weighted by molar-refractivity contribution is 7.09. The molecule has 0 spiro atoms. The predicted molar refractivity (Wildman–Crippen MR) is 161 cm³/mol. The number of ketones is 2. The van der Waals surface area contributed by atoms with Crippen LogP contribution < -0.4 is 5.32 Å². The lowest BCUT2D eigenvalue weighted by Crippen LogP contribution is -2.69. The maximum atomic E-state index is 14.6. The number of fused-ring (bicyclic) bond motifs is 7. The van der Waals surface area contributed by atoms with Crippen molar-refractivity contribution in [1.29, 1.82) is 0 Å². The van der Waals surface area contributed by atoms with E-state index in [2.05, 4.69) is 62.3 Å². The van der Waals surface area contributed by atoms with Crippen molar-refractivity contribution >= 4 is 22.9 Å². The van der Waals surface area contributed by atoms with Crippen LogP contribution in [-0.2, 0) is 16.1 Å². The summed E-state index contributed by atoms with van der Waals surface area (Å²) in [5, 5.41) is 6.22. The number of nitrogens with zero attached hydrogens (tertiary/aromatic N) is 1. The standard InChI is InChI=1S/C35H46N2O2S/c1-30(2)13-15-35(37-21-22-10-9-17-40-22)16-14-34(7)28(23(35)19-30)25(38)18-27-32(5)20-24(36-8)29(39)31(3,4)26(32)11-12-33(27,34)6/h9-10,17-18,20,23,26,28,37H,11-16,19,21H2,1-7H3/t23-,26-,28-,32-,33+,34+,35-/m0/s1. The number of Topliss-reactive ketones (excluding diaryl/α,β-unsaturated/α-hetero) is 1. The van der Waals surface area contributed by atoms with Gasteiger partial charge in [0.25, 0.3) is 0 Å². The van der Waals surface area contributed by atoms with E-state index in [1.807, 2.05) is 26.0 Å². The molecular formula is C35H46N2O2S. The first-order chi connectivity index (χ1) is 18.6. The van der Waals surface area contributed by atoms with E-state index in [4.69, 9.17) is 6.57 Å². The summed E-state index contributed by atoms with van der Waals surface area (Å²) in [5.41, 5.74) is 0.244. The molecule has 4 nitrogen and oxygen atoms in total. The molecule has 1 aromatic heterocycles. The number of hydrogen-bond acceptors (Lipinski definition) is 4. The number of rotatable bonds is 3. The largest absolute Gasteiger partial charge is 0.307 e. The lowest BCUT2D eigenvalue weighted by Gasteiger charge is -2.69. The van der Waals surface area contributed by atoms with E-state index < -0.39 is 10.8 Å². The molecule has 1 aromatic rings. The minimum absolute atomic E-state index is 0.0153. The molecule has 40 heavy (non-hydrogen) atoms. The van der Waals surface area contributed by atoms with Crippen LogP contribution >= 0.6 is 11.3 Å². The fraction of sp³-hybridized carbons (Fsp3) is 0.686. The molecular weight excluding hydrogens is 512 g/mol. The summed E-state index contributed by atoms with van der Waals surface area (Å²) in [4.78, 5) is 33.0. The Balaban J connectivity index is 1.47. The normalized spacial score (nSPS) is 43.3. The highest BCUT2D eigenvalue weighted by atomic mass is 32.1. The Morgan fingerprint density at radius 2 is 1.75 bits per heavy atom. The van der Waals surface area contributed by atoms with E-state index in [1.54, 1.807) is 11.3 Å². The molecule has 0 aliphatic heterocycles. The van der Waals surface area contributed by atoms with Crippen molar-refractivity contribution in [3.63, 3.8) is 0 Å². The highest BCUT2D eigenvalue weighted by Crippen LogP contribution is 2.73. The van der Waals surface area contributed by atoms with Crippen LogP contribution in [0.3, 0.4) is 0 Å². The minimum atomic E-state index is -0.618. The number of nitrogens with one attached hydrogen (secondary N) is 1. The lowest BCUT2D eigenvalue weighted by atomic mass is 9.35. The molecule has 5 aliphatic carbocycles. The maximum absolute atomic E-state index is 14.6. The van der Waals surface area contributed by atoms with Crippen molar-refractivity contribution in [2.24, 2.45) is 44.8 Å². The Bertz CT molecular complexity index is 1360. The summed E-state index contributed by atoms with van der Waals surface area (Å²) >= 11 is 1.81. The quantitative estimate of drug-likeness (QED) is 0.381. The number of thiophene rings is 1. The number of carbonyl (C=O) groups is 2. The SMILES string of the molecule is [C-]#[N+]C1=C[C@]2(C)C3=CC(=O)[C@@H]4[C@@H]5CC(C)(C)CC[C@]5(NCc5cccs5)CC[C@@]4(C)[C@]3(C)CC[C@H]2C(C)(C)C1=O. The fourth-order valence-electron chi connectivity index (χ4n) is 10.6. The average molecular weight is 559 g/mol. The number of carbonyl (C=O) groups excluding carboxylic acids is 2. The third-order valence-electron chi connectivity index (χ3n) is 13.0. The van der Waals surface area contributed by atoms with Gasteiger partial charge in [0.05, 0.1) is 6.57 Å². The molecule has 0 bridgehead atoms. The summed E-state index contributed by atoms with van der Waals surface area (Å²) in [6, 6.07) is 4.34. The van der Waals surface area contributed by atoms with Gasteiger partial charge in [-0.25, -0.2) is 4.85 Å². The zero-order valence-corrected chi connectivity index (χ0v) is 26.3. The molecule has 5 aliphatic rings. The number of allylic oxidation sites excluding steroid dienone is 4. The van der Waals surface area contributed by atoms with Crippen molar-refractivity contribution in [3.05, 3.63) is 57.2 Å². The molecule has 0 radical (unpaired) electrons. The van der Waals surface area contributed by atoms with Crippen molar-refractivity contribution in [1.82, 2.24) is 5.32 Å². The van der Waals surface area contributed by atoms with E-state index >= 15 is 0 Å². The molecule has 3 saturated carbocycles. The second-order valence-electron chi connectivity index (χ2n) is 15.8. The molecule has 0 saturated heterocycles. The van der Waals surface area contributed by atoms with Crippen molar-refractivity contribution in [3.8, 4) is 0 Å². The van der Waals surface area contributed by atoms with Gasteiger partial charge in [-0.2, -0.15) is 0 Å².